The predicted octanol–water partition coefficient (Wildman–Crippen LogP) is 2.65. The molecule has 1 aliphatic heterocycles. The highest BCUT2D eigenvalue weighted by Gasteiger charge is 2.30. The van der Waals surface area contributed by atoms with E-state index in [4.69, 9.17) is 4.74 Å². The van der Waals surface area contributed by atoms with Crippen LogP contribution in [0.15, 0.2) is 18.2 Å². The maximum atomic E-state index is 5.87. The van der Waals surface area contributed by atoms with Crippen LogP contribution < -0.4 is 10.1 Å². The summed E-state index contributed by atoms with van der Waals surface area (Å²) in [5, 5.41) is 3.54. The van der Waals surface area contributed by atoms with E-state index in [-0.39, 0.29) is 5.60 Å². The molecule has 86 valence electrons. The van der Waals surface area contributed by atoms with Crippen molar-refractivity contribution in [1.29, 1.82) is 0 Å². The molecule has 0 saturated heterocycles. The molecule has 1 aliphatic carbocycles. The van der Waals surface area contributed by atoms with Gasteiger partial charge in [-0.05, 0) is 43.9 Å². The first-order chi connectivity index (χ1) is 7.62. The predicted molar refractivity (Wildman–Crippen MR) is 64.7 cm³/mol. The molecule has 1 heterocycles. The Hall–Kier alpha value is -1.02. The van der Waals surface area contributed by atoms with Crippen LogP contribution in [0.3, 0.4) is 0 Å². The van der Waals surface area contributed by atoms with E-state index in [1.54, 1.807) is 0 Å². The van der Waals surface area contributed by atoms with E-state index in [1.807, 2.05) is 0 Å². The third kappa shape index (κ3) is 2.07. The standard InChI is InChI=1S/C14H19NO/c1-14(2)8-11-7-10(3-6-13(11)16-14)9-15-12-4-5-12/h3,6-7,12,15H,4-5,8-9H2,1-2H3. The van der Waals surface area contributed by atoms with Crippen molar-refractivity contribution in [2.45, 2.75) is 51.3 Å². The average molecular weight is 217 g/mol. The SMILES string of the molecule is CC1(C)Cc2cc(CNC3CC3)ccc2O1. The molecular weight excluding hydrogens is 198 g/mol. The number of hydrogen-bond acceptors (Lipinski definition) is 2. The van der Waals surface area contributed by atoms with Gasteiger partial charge in [0.25, 0.3) is 0 Å². The highest BCUT2D eigenvalue weighted by atomic mass is 16.5. The summed E-state index contributed by atoms with van der Waals surface area (Å²) in [5.41, 5.74) is 2.72. The first-order valence-electron chi connectivity index (χ1n) is 6.17. The Morgan fingerprint density at radius 1 is 1.38 bits per heavy atom. The maximum absolute atomic E-state index is 5.87. The molecule has 1 aromatic carbocycles. The minimum absolute atomic E-state index is 0.0229. The van der Waals surface area contributed by atoms with Crippen LogP contribution in [-0.4, -0.2) is 11.6 Å². The van der Waals surface area contributed by atoms with Gasteiger partial charge in [0.05, 0.1) is 0 Å². The first kappa shape index (κ1) is 10.2. The van der Waals surface area contributed by atoms with Crippen molar-refractivity contribution in [3.63, 3.8) is 0 Å². The Balaban J connectivity index is 1.73. The van der Waals surface area contributed by atoms with Crippen molar-refractivity contribution in [2.75, 3.05) is 0 Å². The van der Waals surface area contributed by atoms with Crippen molar-refractivity contribution < 1.29 is 4.74 Å². The van der Waals surface area contributed by atoms with Gasteiger partial charge in [0.15, 0.2) is 0 Å². The Labute approximate surface area is 97.0 Å². The Kier molecular flexibility index (Phi) is 2.21. The number of benzene rings is 1. The summed E-state index contributed by atoms with van der Waals surface area (Å²) in [6, 6.07) is 7.37. The summed E-state index contributed by atoms with van der Waals surface area (Å²) in [4.78, 5) is 0. The lowest BCUT2D eigenvalue weighted by molar-refractivity contribution is 0.138. The Bertz CT molecular complexity index is 407. The molecule has 0 aromatic heterocycles. The van der Waals surface area contributed by atoms with E-state index in [0.29, 0.717) is 0 Å². The highest BCUT2D eigenvalue weighted by molar-refractivity contribution is 5.41. The van der Waals surface area contributed by atoms with E-state index < -0.39 is 0 Å². The summed E-state index contributed by atoms with van der Waals surface area (Å²) < 4.78 is 5.87. The second kappa shape index (κ2) is 3.49. The van der Waals surface area contributed by atoms with Gasteiger partial charge in [0.1, 0.15) is 11.4 Å². The average Bonchev–Trinajstić information content (AvgIpc) is 2.96. The fourth-order valence-corrected chi connectivity index (χ4v) is 2.32. The van der Waals surface area contributed by atoms with E-state index in [1.165, 1.54) is 24.0 Å². The number of hydrogen-bond donors (Lipinski definition) is 1. The van der Waals surface area contributed by atoms with Crippen LogP contribution in [0.1, 0.15) is 37.8 Å². The van der Waals surface area contributed by atoms with Crippen molar-refractivity contribution in [2.24, 2.45) is 0 Å². The molecule has 0 atom stereocenters. The van der Waals surface area contributed by atoms with Gasteiger partial charge in [-0.25, -0.2) is 0 Å². The lowest BCUT2D eigenvalue weighted by Gasteiger charge is -2.16. The molecule has 2 aliphatic rings. The number of fused-ring (bicyclic) bond motifs is 1. The zero-order valence-corrected chi connectivity index (χ0v) is 10.0. The number of rotatable bonds is 3. The van der Waals surface area contributed by atoms with Crippen molar-refractivity contribution >= 4 is 0 Å². The fraction of sp³-hybridized carbons (Fsp3) is 0.571. The lowest BCUT2D eigenvalue weighted by Crippen LogP contribution is -2.24. The smallest absolute Gasteiger partial charge is 0.123 e. The second-order valence-electron chi connectivity index (χ2n) is 5.64. The number of nitrogens with one attached hydrogen (secondary N) is 1. The highest BCUT2D eigenvalue weighted by Crippen LogP contribution is 2.35. The van der Waals surface area contributed by atoms with Crippen molar-refractivity contribution in [1.82, 2.24) is 5.32 Å². The Morgan fingerprint density at radius 2 is 2.19 bits per heavy atom. The van der Waals surface area contributed by atoms with Gasteiger partial charge in [0.2, 0.25) is 0 Å². The lowest BCUT2D eigenvalue weighted by atomic mass is 10.0. The molecule has 1 saturated carbocycles. The molecule has 2 heteroatoms. The normalized spacial score (nSPS) is 21.6. The Morgan fingerprint density at radius 3 is 2.94 bits per heavy atom. The molecule has 3 rings (SSSR count). The van der Waals surface area contributed by atoms with Crippen LogP contribution >= 0.6 is 0 Å². The van der Waals surface area contributed by atoms with E-state index in [2.05, 4.69) is 37.4 Å². The van der Waals surface area contributed by atoms with E-state index in [0.717, 1.165) is 24.8 Å². The summed E-state index contributed by atoms with van der Waals surface area (Å²) in [7, 11) is 0. The van der Waals surface area contributed by atoms with Crippen LogP contribution in [0.4, 0.5) is 0 Å². The zero-order chi connectivity index (χ0) is 11.2. The van der Waals surface area contributed by atoms with Gasteiger partial charge in [-0.3, -0.25) is 0 Å². The molecule has 0 unspecified atom stereocenters. The quantitative estimate of drug-likeness (QED) is 0.840. The van der Waals surface area contributed by atoms with Crippen LogP contribution in [0, 0.1) is 0 Å². The minimum atomic E-state index is -0.0229. The van der Waals surface area contributed by atoms with Gasteiger partial charge in [-0.15, -0.1) is 0 Å². The molecule has 0 amide bonds. The van der Waals surface area contributed by atoms with Crippen molar-refractivity contribution in [3.05, 3.63) is 29.3 Å². The molecule has 2 nitrogen and oxygen atoms in total. The summed E-state index contributed by atoms with van der Waals surface area (Å²) in [6.45, 7) is 5.29. The largest absolute Gasteiger partial charge is 0.487 e. The third-order valence-corrected chi connectivity index (χ3v) is 3.30. The molecule has 0 radical (unpaired) electrons. The van der Waals surface area contributed by atoms with Gasteiger partial charge >= 0.3 is 0 Å². The molecule has 1 N–H and O–H groups in total. The zero-order valence-electron chi connectivity index (χ0n) is 10.0. The first-order valence-corrected chi connectivity index (χ1v) is 6.17. The van der Waals surface area contributed by atoms with Crippen LogP contribution in [0.2, 0.25) is 0 Å². The molecule has 16 heavy (non-hydrogen) atoms. The van der Waals surface area contributed by atoms with Crippen molar-refractivity contribution in [3.8, 4) is 5.75 Å². The maximum Gasteiger partial charge on any atom is 0.123 e. The monoisotopic (exact) mass is 217 g/mol. The molecule has 0 spiro atoms. The van der Waals surface area contributed by atoms with Crippen LogP contribution in [-0.2, 0) is 13.0 Å². The van der Waals surface area contributed by atoms with Crippen LogP contribution in [0.5, 0.6) is 5.75 Å². The summed E-state index contributed by atoms with van der Waals surface area (Å²) >= 11 is 0. The minimum Gasteiger partial charge on any atom is -0.487 e. The molecule has 0 bridgehead atoms. The van der Waals surface area contributed by atoms with E-state index >= 15 is 0 Å². The molecule has 1 fully saturated rings. The third-order valence-electron chi connectivity index (χ3n) is 3.30. The number of ether oxygens (including phenoxy) is 1. The fourth-order valence-electron chi connectivity index (χ4n) is 2.32. The van der Waals surface area contributed by atoms with Gasteiger partial charge in [0, 0.05) is 19.0 Å². The van der Waals surface area contributed by atoms with Gasteiger partial charge in [-0.2, -0.15) is 0 Å². The van der Waals surface area contributed by atoms with Gasteiger partial charge in [-0.1, -0.05) is 12.1 Å². The summed E-state index contributed by atoms with van der Waals surface area (Å²) in [5.74, 6) is 1.07. The van der Waals surface area contributed by atoms with Gasteiger partial charge < -0.3 is 10.1 Å². The molecule has 1 aromatic rings. The topological polar surface area (TPSA) is 21.3 Å². The second-order valence-corrected chi connectivity index (χ2v) is 5.64. The van der Waals surface area contributed by atoms with E-state index in [9.17, 15) is 0 Å². The van der Waals surface area contributed by atoms with Crippen LogP contribution in [0.25, 0.3) is 0 Å². The molecular formula is C14H19NO. The summed E-state index contributed by atoms with van der Waals surface area (Å²) in [6.07, 6.45) is 3.72.